The fourth-order valence-corrected chi connectivity index (χ4v) is 2.15. The van der Waals surface area contributed by atoms with Gasteiger partial charge in [-0.15, -0.1) is 0 Å². The lowest BCUT2D eigenvalue weighted by Gasteiger charge is -2.22. The molecule has 1 unspecified atom stereocenters. The summed E-state index contributed by atoms with van der Waals surface area (Å²) >= 11 is 0. The minimum atomic E-state index is 0.361. The van der Waals surface area contributed by atoms with Gasteiger partial charge in [-0.05, 0) is 33.1 Å². The van der Waals surface area contributed by atoms with Crippen LogP contribution in [0.5, 0.6) is 0 Å². The highest BCUT2D eigenvalue weighted by Gasteiger charge is 2.14. The second kappa shape index (κ2) is 6.12. The monoisotopic (exact) mass is 238 g/mol. The first kappa shape index (κ1) is 12.5. The van der Waals surface area contributed by atoms with Crippen molar-refractivity contribution in [2.45, 2.75) is 51.8 Å². The van der Waals surface area contributed by atoms with Crippen LogP contribution in [0.15, 0.2) is 6.33 Å². The maximum absolute atomic E-state index is 5.67. The molecule has 1 saturated heterocycles. The molecule has 0 aromatic carbocycles. The normalized spacial score (nSPS) is 21.0. The molecule has 17 heavy (non-hydrogen) atoms. The van der Waals surface area contributed by atoms with E-state index in [0.717, 1.165) is 25.5 Å². The molecule has 2 rings (SSSR count). The van der Waals surface area contributed by atoms with E-state index < -0.39 is 0 Å². The summed E-state index contributed by atoms with van der Waals surface area (Å²) in [7, 11) is 0. The van der Waals surface area contributed by atoms with Gasteiger partial charge >= 0.3 is 0 Å². The van der Waals surface area contributed by atoms with E-state index in [1.165, 1.54) is 19.3 Å². The minimum absolute atomic E-state index is 0.361. The fourth-order valence-electron chi connectivity index (χ4n) is 2.15. The Hall–Kier alpha value is -0.940. The minimum Gasteiger partial charge on any atom is -0.377 e. The number of ether oxygens (including phenoxy) is 1. The first-order valence-electron chi connectivity index (χ1n) is 6.48. The third-order valence-electron chi connectivity index (χ3n) is 3.07. The number of nitrogens with zero attached hydrogens (tertiary/aromatic N) is 3. The van der Waals surface area contributed by atoms with Crippen molar-refractivity contribution >= 4 is 0 Å². The molecule has 1 N–H and O–H groups in total. The van der Waals surface area contributed by atoms with Crippen molar-refractivity contribution in [2.24, 2.45) is 0 Å². The van der Waals surface area contributed by atoms with E-state index in [2.05, 4.69) is 29.2 Å². The predicted octanol–water partition coefficient (Wildman–Crippen LogP) is 1.52. The topological polar surface area (TPSA) is 52.0 Å². The van der Waals surface area contributed by atoms with E-state index in [-0.39, 0.29) is 0 Å². The van der Waals surface area contributed by atoms with Crippen molar-refractivity contribution in [3.8, 4) is 0 Å². The molecule has 0 bridgehead atoms. The Morgan fingerprint density at radius 1 is 1.53 bits per heavy atom. The Morgan fingerprint density at radius 2 is 2.41 bits per heavy atom. The Bertz CT molecular complexity index is 331. The van der Waals surface area contributed by atoms with Crippen molar-refractivity contribution in [1.29, 1.82) is 0 Å². The highest BCUT2D eigenvalue weighted by Crippen LogP contribution is 2.12. The third kappa shape index (κ3) is 3.51. The molecule has 5 nitrogen and oxygen atoms in total. The number of hydrogen-bond acceptors (Lipinski definition) is 4. The van der Waals surface area contributed by atoms with Crippen LogP contribution in [0.2, 0.25) is 0 Å². The van der Waals surface area contributed by atoms with Crippen LogP contribution in [-0.4, -0.2) is 34.0 Å². The van der Waals surface area contributed by atoms with E-state index >= 15 is 0 Å². The second-order valence-corrected chi connectivity index (χ2v) is 4.83. The molecule has 0 saturated carbocycles. The second-order valence-electron chi connectivity index (χ2n) is 4.83. The predicted molar refractivity (Wildman–Crippen MR) is 65.7 cm³/mol. The molecule has 1 aromatic heterocycles. The van der Waals surface area contributed by atoms with Crippen LogP contribution >= 0.6 is 0 Å². The van der Waals surface area contributed by atoms with Gasteiger partial charge < -0.3 is 10.1 Å². The van der Waals surface area contributed by atoms with Crippen LogP contribution in [0.3, 0.4) is 0 Å². The van der Waals surface area contributed by atoms with E-state index in [9.17, 15) is 0 Å². The summed E-state index contributed by atoms with van der Waals surface area (Å²) in [6.45, 7) is 6.81. The summed E-state index contributed by atoms with van der Waals surface area (Å²) in [6.07, 6.45) is 5.66. The first-order valence-corrected chi connectivity index (χ1v) is 6.48. The fraction of sp³-hybridized carbons (Fsp3) is 0.833. The van der Waals surface area contributed by atoms with E-state index in [0.29, 0.717) is 12.1 Å². The van der Waals surface area contributed by atoms with Crippen molar-refractivity contribution in [1.82, 2.24) is 20.1 Å². The van der Waals surface area contributed by atoms with E-state index in [1.807, 2.05) is 4.68 Å². The van der Waals surface area contributed by atoms with Gasteiger partial charge in [0.05, 0.1) is 12.6 Å². The lowest BCUT2D eigenvalue weighted by Crippen LogP contribution is -2.32. The summed E-state index contributed by atoms with van der Waals surface area (Å²) in [5.41, 5.74) is 0. The summed E-state index contributed by atoms with van der Waals surface area (Å²) < 4.78 is 7.62. The Morgan fingerprint density at radius 3 is 3.12 bits per heavy atom. The lowest BCUT2D eigenvalue weighted by molar-refractivity contribution is 0.0166. The van der Waals surface area contributed by atoms with Crippen LogP contribution in [0.1, 0.15) is 45.0 Å². The molecule has 0 radical (unpaired) electrons. The molecule has 2 heterocycles. The maximum atomic E-state index is 5.67. The summed E-state index contributed by atoms with van der Waals surface area (Å²) in [5, 5.41) is 7.62. The van der Waals surface area contributed by atoms with Crippen molar-refractivity contribution in [3.05, 3.63) is 12.2 Å². The molecule has 0 spiro atoms. The van der Waals surface area contributed by atoms with Gasteiger partial charge in [0.1, 0.15) is 12.2 Å². The van der Waals surface area contributed by atoms with Crippen molar-refractivity contribution < 1.29 is 4.74 Å². The Balaban J connectivity index is 1.75. The molecular formula is C12H22N4O. The molecular weight excluding hydrogens is 216 g/mol. The standard InChI is InChI=1S/C12H22N4O/c1-10(2)16-12(14-9-15-16)8-13-7-11-5-3-4-6-17-11/h9-11,13H,3-8H2,1-2H3. The summed E-state index contributed by atoms with van der Waals surface area (Å²) in [5.74, 6) is 0.996. The van der Waals surface area contributed by atoms with Gasteiger partial charge in [-0.3, -0.25) is 0 Å². The average molecular weight is 238 g/mol. The molecule has 1 aromatic rings. The molecule has 1 aliphatic heterocycles. The van der Waals surface area contributed by atoms with Gasteiger partial charge in [-0.1, -0.05) is 0 Å². The zero-order chi connectivity index (χ0) is 12.1. The van der Waals surface area contributed by atoms with Crippen molar-refractivity contribution in [3.63, 3.8) is 0 Å². The molecule has 1 atom stereocenters. The zero-order valence-corrected chi connectivity index (χ0v) is 10.7. The largest absolute Gasteiger partial charge is 0.377 e. The third-order valence-corrected chi connectivity index (χ3v) is 3.07. The molecule has 1 aliphatic rings. The smallest absolute Gasteiger partial charge is 0.141 e. The van der Waals surface area contributed by atoms with Gasteiger partial charge in [-0.2, -0.15) is 5.10 Å². The van der Waals surface area contributed by atoms with Crippen LogP contribution in [-0.2, 0) is 11.3 Å². The SMILES string of the molecule is CC(C)n1ncnc1CNCC1CCCCO1. The lowest BCUT2D eigenvalue weighted by atomic mass is 10.1. The first-order chi connectivity index (χ1) is 8.27. The highest BCUT2D eigenvalue weighted by molar-refractivity contribution is 4.86. The maximum Gasteiger partial charge on any atom is 0.141 e. The van der Waals surface area contributed by atoms with Crippen LogP contribution in [0, 0.1) is 0 Å². The quantitative estimate of drug-likeness (QED) is 0.845. The number of nitrogens with one attached hydrogen (secondary N) is 1. The van der Waals surface area contributed by atoms with Crippen LogP contribution in [0.4, 0.5) is 0 Å². The molecule has 1 fully saturated rings. The molecule has 0 aliphatic carbocycles. The van der Waals surface area contributed by atoms with Crippen molar-refractivity contribution in [2.75, 3.05) is 13.2 Å². The molecule has 96 valence electrons. The Labute approximate surface area is 103 Å². The number of hydrogen-bond donors (Lipinski definition) is 1. The Kier molecular flexibility index (Phi) is 4.50. The number of aromatic nitrogens is 3. The number of rotatable bonds is 5. The molecule has 0 amide bonds. The average Bonchev–Trinajstić information content (AvgIpc) is 2.79. The van der Waals surface area contributed by atoms with Gasteiger partial charge in [0.25, 0.3) is 0 Å². The highest BCUT2D eigenvalue weighted by atomic mass is 16.5. The van der Waals surface area contributed by atoms with Crippen LogP contribution < -0.4 is 5.32 Å². The summed E-state index contributed by atoms with van der Waals surface area (Å²) in [4.78, 5) is 4.27. The van der Waals surface area contributed by atoms with Gasteiger partial charge in [0.15, 0.2) is 0 Å². The zero-order valence-electron chi connectivity index (χ0n) is 10.7. The van der Waals surface area contributed by atoms with E-state index in [1.54, 1.807) is 6.33 Å². The van der Waals surface area contributed by atoms with Gasteiger partial charge in [-0.25, -0.2) is 9.67 Å². The van der Waals surface area contributed by atoms with E-state index in [4.69, 9.17) is 4.74 Å². The van der Waals surface area contributed by atoms with Crippen LogP contribution in [0.25, 0.3) is 0 Å². The molecule has 5 heteroatoms. The van der Waals surface area contributed by atoms with Gasteiger partial charge in [0.2, 0.25) is 0 Å². The van der Waals surface area contributed by atoms with Gasteiger partial charge in [0, 0.05) is 19.2 Å². The summed E-state index contributed by atoms with van der Waals surface area (Å²) in [6, 6.07) is 0.361.